The monoisotopic (exact) mass is 516 g/mol. The van der Waals surface area contributed by atoms with Gasteiger partial charge in [0.1, 0.15) is 11.6 Å². The van der Waals surface area contributed by atoms with Crippen molar-refractivity contribution in [2.45, 2.75) is 6.04 Å². The molecule has 39 heavy (non-hydrogen) atoms. The molecule has 1 unspecified atom stereocenters. The Morgan fingerprint density at radius 3 is 2.62 bits per heavy atom. The van der Waals surface area contributed by atoms with Gasteiger partial charge in [-0.3, -0.25) is 4.98 Å². The maximum atomic E-state index is 4.35. The van der Waals surface area contributed by atoms with Crippen molar-refractivity contribution in [1.29, 1.82) is 0 Å². The zero-order valence-corrected chi connectivity index (χ0v) is 21.8. The van der Waals surface area contributed by atoms with Gasteiger partial charge in [-0.2, -0.15) is 4.58 Å². The minimum absolute atomic E-state index is 0.110. The predicted octanol–water partition coefficient (Wildman–Crippen LogP) is 9.18. The first kappa shape index (κ1) is 21.2. The van der Waals surface area contributed by atoms with Gasteiger partial charge in [-0.15, -0.1) is 11.3 Å². The Morgan fingerprint density at radius 1 is 0.769 bits per heavy atom. The number of fused-ring (bicyclic) bond motifs is 9. The number of benzene rings is 4. The van der Waals surface area contributed by atoms with Gasteiger partial charge in [0, 0.05) is 73.2 Å². The van der Waals surface area contributed by atoms with Crippen molar-refractivity contribution in [3.63, 3.8) is 0 Å². The quantitative estimate of drug-likeness (QED) is 0.210. The molecule has 0 N–H and O–H groups in total. The van der Waals surface area contributed by atoms with Gasteiger partial charge in [0.25, 0.3) is 0 Å². The van der Waals surface area contributed by atoms with Crippen LogP contribution >= 0.6 is 11.3 Å². The Hall–Kier alpha value is -4.80. The number of rotatable bonds is 2. The molecule has 1 aliphatic carbocycles. The van der Waals surface area contributed by atoms with Crippen LogP contribution in [-0.2, 0) is 0 Å². The van der Waals surface area contributed by atoms with Crippen molar-refractivity contribution in [3.8, 4) is 11.1 Å². The van der Waals surface area contributed by atoms with Gasteiger partial charge < -0.3 is 4.57 Å². The summed E-state index contributed by atoms with van der Waals surface area (Å²) < 4.78 is 7.72. The van der Waals surface area contributed by atoms with Gasteiger partial charge in [0.05, 0.1) is 5.52 Å². The molecule has 9 rings (SSSR count). The van der Waals surface area contributed by atoms with Crippen LogP contribution in [0.25, 0.3) is 53.1 Å². The van der Waals surface area contributed by atoms with Crippen LogP contribution in [0.3, 0.4) is 0 Å². The molecule has 7 aromatic rings. The van der Waals surface area contributed by atoms with Gasteiger partial charge in [0.15, 0.2) is 0 Å². The molecule has 0 saturated carbocycles. The van der Waals surface area contributed by atoms with Crippen LogP contribution in [0, 0.1) is 0 Å². The highest BCUT2D eigenvalue weighted by atomic mass is 32.1. The van der Waals surface area contributed by atoms with Crippen molar-refractivity contribution in [2.24, 2.45) is 0 Å². The number of thiophene rings is 1. The molecule has 4 aromatic carbocycles. The van der Waals surface area contributed by atoms with Gasteiger partial charge in [-0.25, -0.2) is 0 Å². The number of hydrogen-bond donors (Lipinski definition) is 0. The lowest BCUT2D eigenvalue weighted by Gasteiger charge is -2.24. The molecule has 0 spiro atoms. The number of para-hydroxylation sites is 1. The SMILES string of the molecule is C1=CC2=[N+](c3cccc(-c4cccnc4)c3)c3cccc4c5c6sc7ccccc7c6ccc5n(c34)C2C=C1. The molecule has 4 heterocycles. The molecular weight excluding hydrogens is 494 g/mol. The van der Waals surface area contributed by atoms with Crippen molar-refractivity contribution in [3.05, 3.63) is 128 Å². The molecule has 0 radical (unpaired) electrons. The van der Waals surface area contributed by atoms with Crippen molar-refractivity contribution >= 4 is 70.4 Å². The van der Waals surface area contributed by atoms with Crippen molar-refractivity contribution < 1.29 is 0 Å². The standard InChI is InChI=1S/C35H22N3S/c1-4-16-32-25(11-1)26-17-18-30-33(35(26)39-32)27-12-6-15-31-34(27)38(30)29-14-3-2-13-28(29)37(31)24-10-5-8-22(20-24)23-9-7-19-36-21-23/h1-21,29H/q+1. The first-order valence-electron chi connectivity index (χ1n) is 13.3. The van der Waals surface area contributed by atoms with Crippen molar-refractivity contribution in [1.82, 2.24) is 14.1 Å². The fourth-order valence-electron chi connectivity index (χ4n) is 6.55. The number of pyridine rings is 1. The lowest BCUT2D eigenvalue weighted by Crippen LogP contribution is -2.30. The fourth-order valence-corrected chi connectivity index (χ4v) is 7.81. The molecule has 0 saturated heterocycles. The zero-order valence-electron chi connectivity index (χ0n) is 21.0. The largest absolute Gasteiger partial charge is 0.318 e. The maximum absolute atomic E-state index is 4.35. The van der Waals surface area contributed by atoms with Crippen LogP contribution in [0.4, 0.5) is 11.4 Å². The summed E-state index contributed by atoms with van der Waals surface area (Å²) in [6, 6.07) is 33.3. The Balaban J connectivity index is 1.39. The molecule has 0 bridgehead atoms. The first-order chi connectivity index (χ1) is 19.4. The summed E-state index contributed by atoms with van der Waals surface area (Å²) in [6.45, 7) is 0. The summed E-state index contributed by atoms with van der Waals surface area (Å²) >= 11 is 1.91. The lowest BCUT2D eigenvalue weighted by atomic mass is 10.0. The topological polar surface area (TPSA) is 20.8 Å². The van der Waals surface area contributed by atoms with Gasteiger partial charge in [-0.05, 0) is 23.8 Å². The molecule has 3 aromatic heterocycles. The van der Waals surface area contributed by atoms with Crippen molar-refractivity contribution in [2.75, 3.05) is 0 Å². The number of hydrogen-bond acceptors (Lipinski definition) is 2. The third kappa shape index (κ3) is 2.87. The molecule has 182 valence electrons. The first-order valence-corrected chi connectivity index (χ1v) is 14.1. The van der Waals surface area contributed by atoms with E-state index in [4.69, 9.17) is 0 Å². The average molecular weight is 517 g/mol. The van der Waals surface area contributed by atoms with Crippen LogP contribution in [0.1, 0.15) is 6.04 Å². The third-order valence-electron chi connectivity index (χ3n) is 8.16. The molecule has 0 fully saturated rings. The Labute approximate surface area is 228 Å². The molecule has 1 atom stereocenters. The summed E-state index contributed by atoms with van der Waals surface area (Å²) in [6.07, 6.45) is 12.7. The molecule has 0 amide bonds. The zero-order chi connectivity index (χ0) is 25.5. The fraction of sp³-hybridized carbons (Fsp3) is 0.0286. The van der Waals surface area contributed by atoms with Gasteiger partial charge in [0.2, 0.25) is 17.1 Å². The Morgan fingerprint density at radius 2 is 1.67 bits per heavy atom. The number of allylic oxidation sites excluding steroid dienone is 4. The molecule has 4 heteroatoms. The smallest absolute Gasteiger partial charge is 0.235 e. The number of nitrogens with zero attached hydrogens (tertiary/aromatic N) is 3. The minimum atomic E-state index is 0.110. The summed E-state index contributed by atoms with van der Waals surface area (Å²) in [5.74, 6) is 0. The predicted molar refractivity (Wildman–Crippen MR) is 166 cm³/mol. The highest BCUT2D eigenvalue weighted by molar-refractivity contribution is 7.26. The van der Waals surface area contributed by atoms with E-state index in [0.717, 1.165) is 11.3 Å². The second-order valence-electron chi connectivity index (χ2n) is 10.2. The van der Waals surface area contributed by atoms with Crippen LogP contribution in [0.15, 0.2) is 128 Å². The highest BCUT2D eigenvalue weighted by Crippen LogP contribution is 2.48. The van der Waals surface area contributed by atoms with E-state index in [-0.39, 0.29) is 6.04 Å². The normalized spacial score (nSPS) is 16.2. The molecule has 3 nitrogen and oxygen atoms in total. The summed E-state index contributed by atoms with van der Waals surface area (Å²) in [5.41, 5.74) is 8.50. The summed E-state index contributed by atoms with van der Waals surface area (Å²) in [5, 5.41) is 5.36. The van der Waals surface area contributed by atoms with E-state index >= 15 is 0 Å². The van der Waals surface area contributed by atoms with Crippen LogP contribution in [0.5, 0.6) is 0 Å². The van der Waals surface area contributed by atoms with E-state index in [9.17, 15) is 0 Å². The van der Waals surface area contributed by atoms with E-state index in [1.54, 1.807) is 0 Å². The van der Waals surface area contributed by atoms with Crippen LogP contribution in [-0.4, -0.2) is 15.3 Å². The minimum Gasteiger partial charge on any atom is -0.318 e. The van der Waals surface area contributed by atoms with Gasteiger partial charge >= 0.3 is 0 Å². The van der Waals surface area contributed by atoms with E-state index in [0.29, 0.717) is 0 Å². The molecule has 2 aliphatic rings. The highest BCUT2D eigenvalue weighted by Gasteiger charge is 2.37. The Bertz CT molecular complexity index is 2230. The summed E-state index contributed by atoms with van der Waals surface area (Å²) in [4.78, 5) is 4.35. The second-order valence-corrected chi connectivity index (χ2v) is 11.3. The van der Waals surface area contributed by atoms with E-state index < -0.39 is 0 Å². The van der Waals surface area contributed by atoms with Crippen LogP contribution in [0.2, 0.25) is 0 Å². The van der Waals surface area contributed by atoms with E-state index in [1.165, 1.54) is 58.9 Å². The van der Waals surface area contributed by atoms with Gasteiger partial charge in [-0.1, -0.05) is 72.8 Å². The second kappa shape index (κ2) is 7.85. The number of aromatic nitrogens is 2. The van der Waals surface area contributed by atoms with E-state index in [1.807, 2.05) is 29.8 Å². The Kier molecular flexibility index (Phi) is 4.26. The maximum Gasteiger partial charge on any atom is 0.235 e. The third-order valence-corrected chi connectivity index (χ3v) is 9.36. The molecular formula is C35H22N3S+. The van der Waals surface area contributed by atoms with E-state index in [2.05, 4.69) is 123 Å². The molecule has 1 aliphatic heterocycles. The average Bonchev–Trinajstić information content (AvgIpc) is 3.55. The summed E-state index contributed by atoms with van der Waals surface area (Å²) in [7, 11) is 0. The van der Waals surface area contributed by atoms with Crippen LogP contribution < -0.4 is 4.58 Å². The lowest BCUT2D eigenvalue weighted by molar-refractivity contribution is 0.781.